The number of para-hydroxylation sites is 3. The molecule has 8 heteroatoms. The minimum atomic E-state index is -0.0985. The van der Waals surface area contributed by atoms with Gasteiger partial charge in [-0.15, -0.1) is 5.10 Å². The molecule has 140 valence electrons. The Bertz CT molecular complexity index is 941. The van der Waals surface area contributed by atoms with Crippen molar-refractivity contribution in [3.05, 3.63) is 53.6 Å². The van der Waals surface area contributed by atoms with E-state index >= 15 is 0 Å². The average molecular weight is 383 g/mol. The topological polar surface area (TPSA) is 81.9 Å². The van der Waals surface area contributed by atoms with E-state index in [0.717, 1.165) is 28.9 Å². The van der Waals surface area contributed by atoms with Crippen LogP contribution in [0.4, 0.5) is 5.69 Å². The van der Waals surface area contributed by atoms with Crippen LogP contribution in [-0.2, 0) is 11.2 Å². The summed E-state index contributed by atoms with van der Waals surface area (Å²) in [5, 5.41) is 15.3. The summed E-state index contributed by atoms with van der Waals surface area (Å²) >= 11 is 1.27. The Morgan fingerprint density at radius 2 is 2.04 bits per heavy atom. The molecule has 0 aliphatic heterocycles. The number of amides is 1. The molecule has 2 aromatic carbocycles. The average Bonchev–Trinajstić information content (AvgIpc) is 3.16. The summed E-state index contributed by atoms with van der Waals surface area (Å²) in [6.45, 7) is 4.06. The maximum absolute atomic E-state index is 12.5. The van der Waals surface area contributed by atoms with Crippen molar-refractivity contribution >= 4 is 23.4 Å². The molecule has 7 nitrogen and oxygen atoms in total. The number of benzene rings is 2. The largest absolute Gasteiger partial charge is 0.494 e. The maximum atomic E-state index is 12.5. The van der Waals surface area contributed by atoms with Gasteiger partial charge in [0.05, 0.1) is 12.9 Å². The predicted molar refractivity (Wildman–Crippen MR) is 106 cm³/mol. The number of carbonyl (C=O) groups is 1. The molecule has 1 amide bonds. The number of hydrogen-bond donors (Lipinski definition) is 1. The van der Waals surface area contributed by atoms with Crippen LogP contribution in [0, 0.1) is 6.92 Å². The third-order valence-corrected chi connectivity index (χ3v) is 5.01. The van der Waals surface area contributed by atoms with Gasteiger partial charge in [0.2, 0.25) is 11.1 Å². The molecule has 3 aromatic rings. The highest BCUT2D eigenvalue weighted by molar-refractivity contribution is 7.99. The summed E-state index contributed by atoms with van der Waals surface area (Å²) in [5.74, 6) is 0.759. The first-order chi connectivity index (χ1) is 13.1. The van der Waals surface area contributed by atoms with E-state index in [0.29, 0.717) is 10.9 Å². The van der Waals surface area contributed by atoms with Crippen LogP contribution in [-0.4, -0.2) is 39.0 Å². The number of ether oxygens (including phenoxy) is 1. The van der Waals surface area contributed by atoms with Crippen molar-refractivity contribution in [1.82, 2.24) is 20.2 Å². The van der Waals surface area contributed by atoms with Crippen LogP contribution in [0.3, 0.4) is 0 Å². The lowest BCUT2D eigenvalue weighted by Crippen LogP contribution is -2.16. The van der Waals surface area contributed by atoms with Gasteiger partial charge in [-0.1, -0.05) is 49.0 Å². The first kappa shape index (κ1) is 18.9. The summed E-state index contributed by atoms with van der Waals surface area (Å²) in [6.07, 6.45) is 0.858. The van der Waals surface area contributed by atoms with Gasteiger partial charge in [-0.3, -0.25) is 4.79 Å². The van der Waals surface area contributed by atoms with Crippen molar-refractivity contribution in [3.63, 3.8) is 0 Å². The van der Waals surface area contributed by atoms with E-state index < -0.39 is 0 Å². The normalized spacial score (nSPS) is 10.6. The molecule has 0 aliphatic carbocycles. The summed E-state index contributed by atoms with van der Waals surface area (Å²) in [6, 6.07) is 13.5. The number of tetrazole rings is 1. The van der Waals surface area contributed by atoms with Crippen LogP contribution in [0.1, 0.15) is 18.1 Å². The smallest absolute Gasteiger partial charge is 0.234 e. The van der Waals surface area contributed by atoms with Gasteiger partial charge < -0.3 is 10.1 Å². The number of methoxy groups -OCH3 is 1. The first-order valence-corrected chi connectivity index (χ1v) is 9.55. The minimum Gasteiger partial charge on any atom is -0.494 e. The van der Waals surface area contributed by atoms with Gasteiger partial charge >= 0.3 is 0 Å². The highest BCUT2D eigenvalue weighted by Crippen LogP contribution is 2.26. The summed E-state index contributed by atoms with van der Waals surface area (Å²) in [7, 11) is 1.59. The highest BCUT2D eigenvalue weighted by atomic mass is 32.2. The Kier molecular flexibility index (Phi) is 6.08. The first-order valence-electron chi connectivity index (χ1n) is 8.57. The molecular formula is C19H21N5O2S. The molecule has 0 atom stereocenters. The minimum absolute atomic E-state index is 0.0985. The van der Waals surface area contributed by atoms with Gasteiger partial charge in [0.25, 0.3) is 0 Å². The fraction of sp³-hybridized carbons (Fsp3) is 0.263. The number of hydrogen-bond acceptors (Lipinski definition) is 6. The van der Waals surface area contributed by atoms with E-state index in [9.17, 15) is 4.79 Å². The van der Waals surface area contributed by atoms with Crippen LogP contribution >= 0.6 is 11.8 Å². The van der Waals surface area contributed by atoms with Crippen LogP contribution in [0.15, 0.2) is 47.6 Å². The van der Waals surface area contributed by atoms with Crippen LogP contribution in [0.5, 0.6) is 5.75 Å². The molecule has 1 heterocycles. The molecule has 0 radical (unpaired) electrons. The number of aryl methyl sites for hydroxylation is 2. The molecular weight excluding hydrogens is 362 g/mol. The second-order valence-corrected chi connectivity index (χ2v) is 6.79. The third kappa shape index (κ3) is 4.28. The summed E-state index contributed by atoms with van der Waals surface area (Å²) in [4.78, 5) is 12.5. The van der Waals surface area contributed by atoms with E-state index in [-0.39, 0.29) is 11.7 Å². The molecule has 0 unspecified atom stereocenters. The maximum Gasteiger partial charge on any atom is 0.234 e. The standard InChI is InChI=1S/C19H21N5O2S/c1-4-14-9-7-8-13(2)18(14)20-17(25)12-27-19-21-22-23-24(19)15-10-5-6-11-16(15)26-3/h5-11H,4,12H2,1-3H3,(H,20,25). The zero-order chi connectivity index (χ0) is 19.2. The molecule has 27 heavy (non-hydrogen) atoms. The van der Waals surface area contributed by atoms with E-state index in [2.05, 4.69) is 27.8 Å². The lowest BCUT2D eigenvalue weighted by Gasteiger charge is -2.13. The zero-order valence-electron chi connectivity index (χ0n) is 15.5. The van der Waals surface area contributed by atoms with E-state index in [1.807, 2.05) is 49.4 Å². The number of thioether (sulfide) groups is 1. The molecule has 0 saturated heterocycles. The Hall–Kier alpha value is -2.87. The lowest BCUT2D eigenvalue weighted by atomic mass is 10.1. The predicted octanol–water partition coefficient (Wildman–Crippen LogP) is 3.27. The Balaban J connectivity index is 1.72. The number of aromatic nitrogens is 4. The second kappa shape index (κ2) is 8.68. The van der Waals surface area contributed by atoms with Gasteiger partial charge in [-0.05, 0) is 47.0 Å². The third-order valence-electron chi connectivity index (χ3n) is 4.09. The van der Waals surface area contributed by atoms with Crippen molar-refractivity contribution in [3.8, 4) is 11.4 Å². The number of nitrogens with one attached hydrogen (secondary N) is 1. The van der Waals surface area contributed by atoms with Gasteiger partial charge in [0, 0.05) is 5.69 Å². The van der Waals surface area contributed by atoms with Crippen molar-refractivity contribution in [1.29, 1.82) is 0 Å². The Morgan fingerprint density at radius 1 is 1.22 bits per heavy atom. The summed E-state index contributed by atoms with van der Waals surface area (Å²) in [5.41, 5.74) is 3.77. The van der Waals surface area contributed by atoms with Gasteiger partial charge in [0.1, 0.15) is 11.4 Å². The molecule has 1 N–H and O–H groups in total. The van der Waals surface area contributed by atoms with E-state index in [1.54, 1.807) is 11.8 Å². The molecule has 0 bridgehead atoms. The van der Waals surface area contributed by atoms with Crippen LogP contribution < -0.4 is 10.1 Å². The molecule has 3 rings (SSSR count). The van der Waals surface area contributed by atoms with Crippen molar-refractivity contribution in [2.75, 3.05) is 18.2 Å². The lowest BCUT2D eigenvalue weighted by molar-refractivity contribution is -0.113. The number of nitrogens with zero attached hydrogens (tertiary/aromatic N) is 4. The molecule has 0 fully saturated rings. The highest BCUT2D eigenvalue weighted by Gasteiger charge is 2.15. The van der Waals surface area contributed by atoms with Gasteiger partial charge in [-0.25, -0.2) is 0 Å². The molecule has 0 aliphatic rings. The second-order valence-electron chi connectivity index (χ2n) is 5.84. The Labute approximate surface area is 162 Å². The zero-order valence-corrected chi connectivity index (χ0v) is 16.3. The van der Waals surface area contributed by atoms with Crippen molar-refractivity contribution < 1.29 is 9.53 Å². The fourth-order valence-electron chi connectivity index (χ4n) is 2.73. The van der Waals surface area contributed by atoms with Gasteiger partial charge in [-0.2, -0.15) is 4.68 Å². The number of carbonyl (C=O) groups excluding carboxylic acids is 1. The molecule has 1 aromatic heterocycles. The fourth-order valence-corrected chi connectivity index (χ4v) is 3.42. The van der Waals surface area contributed by atoms with E-state index in [4.69, 9.17) is 4.74 Å². The SMILES string of the molecule is CCc1cccc(C)c1NC(=O)CSc1nnnn1-c1ccccc1OC. The van der Waals surface area contributed by atoms with Crippen molar-refractivity contribution in [2.45, 2.75) is 25.4 Å². The quantitative estimate of drug-likeness (QED) is 0.631. The van der Waals surface area contributed by atoms with Crippen LogP contribution in [0.2, 0.25) is 0 Å². The monoisotopic (exact) mass is 383 g/mol. The Morgan fingerprint density at radius 3 is 2.81 bits per heavy atom. The van der Waals surface area contributed by atoms with Crippen LogP contribution in [0.25, 0.3) is 5.69 Å². The summed E-state index contributed by atoms with van der Waals surface area (Å²) < 4.78 is 6.93. The molecule has 0 saturated carbocycles. The van der Waals surface area contributed by atoms with E-state index in [1.165, 1.54) is 11.8 Å². The molecule has 0 spiro atoms. The van der Waals surface area contributed by atoms with Crippen molar-refractivity contribution in [2.24, 2.45) is 0 Å². The number of anilines is 1. The number of rotatable bonds is 7. The van der Waals surface area contributed by atoms with Gasteiger partial charge in [0.15, 0.2) is 0 Å².